The summed E-state index contributed by atoms with van der Waals surface area (Å²) in [5.74, 6) is -2.34. The third kappa shape index (κ3) is 3.32. The van der Waals surface area contributed by atoms with E-state index in [2.05, 4.69) is 4.98 Å². The number of ether oxygens (including phenoxy) is 1. The van der Waals surface area contributed by atoms with E-state index in [1.165, 1.54) is 30.6 Å². The predicted molar refractivity (Wildman–Crippen MR) is 134 cm³/mol. The van der Waals surface area contributed by atoms with Gasteiger partial charge >= 0.3 is 0 Å². The second-order valence-electron chi connectivity index (χ2n) is 9.21. The molecule has 9 heteroatoms. The first kappa shape index (κ1) is 23.4. The molecule has 0 fully saturated rings. The van der Waals surface area contributed by atoms with Crippen molar-refractivity contribution in [3.05, 3.63) is 93.0 Å². The number of carbonyl (C=O) groups is 2. The average molecular weight is 516 g/mol. The van der Waals surface area contributed by atoms with Crippen LogP contribution in [0.1, 0.15) is 61.2 Å². The fourth-order valence-electron chi connectivity index (χ4n) is 5.34. The number of methoxy groups -OCH3 is 1. The number of hydrogen-bond acceptors (Lipinski definition) is 9. The van der Waals surface area contributed by atoms with Crippen molar-refractivity contribution in [3.63, 3.8) is 0 Å². The summed E-state index contributed by atoms with van der Waals surface area (Å²) in [6, 6.07) is 13.9. The number of carbonyl (C=O) groups excluding carboxylic acids is 2. The van der Waals surface area contributed by atoms with Crippen LogP contribution in [-0.4, -0.2) is 44.1 Å². The number of aliphatic hydroxyl groups is 2. The van der Waals surface area contributed by atoms with E-state index in [0.29, 0.717) is 10.7 Å². The lowest BCUT2D eigenvalue weighted by Crippen LogP contribution is -2.36. The molecule has 2 aliphatic rings. The lowest BCUT2D eigenvalue weighted by atomic mass is 9.72. The molecule has 4 N–H and O–H groups in total. The second-order valence-corrected chi connectivity index (χ2v) is 10.1. The zero-order valence-electron chi connectivity index (χ0n) is 19.6. The van der Waals surface area contributed by atoms with Crippen molar-refractivity contribution < 1.29 is 34.8 Å². The van der Waals surface area contributed by atoms with E-state index in [1.807, 2.05) is 30.3 Å². The highest BCUT2D eigenvalue weighted by atomic mass is 32.1. The highest BCUT2D eigenvalue weighted by Crippen LogP contribution is 2.52. The Morgan fingerprint density at radius 1 is 0.973 bits per heavy atom. The van der Waals surface area contributed by atoms with Gasteiger partial charge in [-0.25, -0.2) is 4.98 Å². The Balaban J connectivity index is 1.49. The standard InChI is InChI=1S/C28H21NO7S/c1-36-17-9-5-8-14-20(17)26(34)22-21(23(14)31)24(32)15-10-28(35,11-16(30)19(15)25(22)33)18-12-37-27(29-18)13-6-3-2-4-7-13/h2-9,12,16,30,32-33,35H,10-11H2,1H3. The molecule has 0 amide bonds. The van der Waals surface area contributed by atoms with Gasteiger partial charge in [-0.1, -0.05) is 42.5 Å². The van der Waals surface area contributed by atoms with Gasteiger partial charge in [0.05, 0.1) is 35.6 Å². The fourth-order valence-corrected chi connectivity index (χ4v) is 6.26. The summed E-state index contributed by atoms with van der Waals surface area (Å²) in [6.45, 7) is 0. The van der Waals surface area contributed by atoms with Crippen LogP contribution >= 0.6 is 11.3 Å². The van der Waals surface area contributed by atoms with Crippen LogP contribution < -0.4 is 4.74 Å². The average Bonchev–Trinajstić information content (AvgIpc) is 3.40. The molecular formula is C28H21NO7S. The molecule has 3 aromatic carbocycles. The zero-order chi connectivity index (χ0) is 26.1. The minimum absolute atomic E-state index is 0.000688. The van der Waals surface area contributed by atoms with Crippen molar-refractivity contribution in [2.24, 2.45) is 0 Å². The Labute approximate surface area is 215 Å². The summed E-state index contributed by atoms with van der Waals surface area (Å²) in [7, 11) is 1.36. The number of aliphatic hydroxyl groups excluding tert-OH is 1. The van der Waals surface area contributed by atoms with Gasteiger partial charge in [-0.15, -0.1) is 11.3 Å². The molecule has 6 rings (SSSR count). The van der Waals surface area contributed by atoms with E-state index >= 15 is 0 Å². The van der Waals surface area contributed by atoms with Gasteiger partial charge < -0.3 is 25.2 Å². The number of nitrogens with zero attached hydrogens (tertiary/aromatic N) is 1. The Morgan fingerprint density at radius 3 is 2.43 bits per heavy atom. The predicted octanol–water partition coefficient (Wildman–Crippen LogP) is 3.87. The highest BCUT2D eigenvalue weighted by molar-refractivity contribution is 7.13. The van der Waals surface area contributed by atoms with Crippen LogP contribution in [0.5, 0.6) is 17.2 Å². The number of hydrogen-bond donors (Lipinski definition) is 4. The molecule has 2 atom stereocenters. The van der Waals surface area contributed by atoms with Crippen molar-refractivity contribution in [2.75, 3.05) is 7.11 Å². The molecule has 1 heterocycles. The first-order chi connectivity index (χ1) is 17.7. The van der Waals surface area contributed by atoms with Gasteiger partial charge in [-0.2, -0.15) is 0 Å². The SMILES string of the molecule is COc1cccc2c1C(=O)c1c(O)c3c(c(O)c1C2=O)CC(O)(c1csc(-c2ccccc2)n1)CC3O. The van der Waals surface area contributed by atoms with E-state index in [4.69, 9.17) is 4.74 Å². The first-order valence-electron chi connectivity index (χ1n) is 11.5. The van der Waals surface area contributed by atoms with Gasteiger partial charge in [0.1, 0.15) is 27.9 Å². The number of aromatic nitrogens is 1. The van der Waals surface area contributed by atoms with Gasteiger partial charge in [-0.05, 0) is 6.07 Å². The van der Waals surface area contributed by atoms with Crippen LogP contribution in [0.3, 0.4) is 0 Å². The van der Waals surface area contributed by atoms with Crippen LogP contribution in [0.4, 0.5) is 0 Å². The quantitative estimate of drug-likeness (QED) is 0.266. The lowest BCUT2D eigenvalue weighted by Gasteiger charge is -2.37. The molecule has 0 aliphatic heterocycles. The van der Waals surface area contributed by atoms with Gasteiger partial charge in [0.25, 0.3) is 0 Å². The smallest absolute Gasteiger partial charge is 0.202 e. The summed E-state index contributed by atoms with van der Waals surface area (Å²) in [4.78, 5) is 31.5. The largest absolute Gasteiger partial charge is 0.507 e. The Kier molecular flexibility index (Phi) is 5.20. The topological polar surface area (TPSA) is 137 Å². The van der Waals surface area contributed by atoms with Gasteiger partial charge in [-0.3, -0.25) is 9.59 Å². The van der Waals surface area contributed by atoms with Crippen molar-refractivity contribution in [2.45, 2.75) is 24.5 Å². The van der Waals surface area contributed by atoms with Gasteiger partial charge in [0, 0.05) is 40.5 Å². The van der Waals surface area contributed by atoms with Crippen LogP contribution in [0.2, 0.25) is 0 Å². The molecule has 0 saturated heterocycles. The molecule has 37 heavy (non-hydrogen) atoms. The molecule has 186 valence electrons. The number of benzene rings is 3. The summed E-state index contributed by atoms with van der Waals surface area (Å²) < 4.78 is 5.25. The van der Waals surface area contributed by atoms with E-state index in [-0.39, 0.29) is 52.0 Å². The van der Waals surface area contributed by atoms with E-state index in [0.717, 1.165) is 5.56 Å². The van der Waals surface area contributed by atoms with Crippen LogP contribution in [0.15, 0.2) is 53.9 Å². The maximum absolute atomic E-state index is 13.4. The van der Waals surface area contributed by atoms with Gasteiger partial charge in [0.2, 0.25) is 5.78 Å². The summed E-state index contributed by atoms with van der Waals surface area (Å²) in [6.07, 6.45) is -1.89. The molecule has 0 saturated carbocycles. The molecule has 0 bridgehead atoms. The number of phenolic OH excluding ortho intramolecular Hbond substituents is 2. The molecule has 0 spiro atoms. The monoisotopic (exact) mass is 515 g/mol. The summed E-state index contributed by atoms with van der Waals surface area (Å²) >= 11 is 1.33. The zero-order valence-corrected chi connectivity index (χ0v) is 20.4. The molecule has 4 aromatic rings. The third-order valence-corrected chi connectivity index (χ3v) is 7.99. The molecule has 0 radical (unpaired) electrons. The summed E-state index contributed by atoms with van der Waals surface area (Å²) in [5, 5.41) is 47.5. The van der Waals surface area contributed by atoms with Crippen LogP contribution in [-0.2, 0) is 12.0 Å². The van der Waals surface area contributed by atoms with Crippen LogP contribution in [0.25, 0.3) is 10.6 Å². The number of thiazole rings is 1. The van der Waals surface area contributed by atoms with E-state index in [1.54, 1.807) is 11.4 Å². The number of fused-ring (bicyclic) bond motifs is 3. The van der Waals surface area contributed by atoms with Crippen molar-refractivity contribution in [3.8, 4) is 27.8 Å². The fraction of sp³-hybridized carbons (Fsp3) is 0.179. The maximum atomic E-state index is 13.4. The Bertz CT molecular complexity index is 1610. The maximum Gasteiger partial charge on any atom is 0.202 e. The normalized spacial score (nSPS) is 20.2. The van der Waals surface area contributed by atoms with Gasteiger partial charge in [0.15, 0.2) is 5.78 Å². The first-order valence-corrected chi connectivity index (χ1v) is 12.4. The van der Waals surface area contributed by atoms with Crippen molar-refractivity contribution in [1.29, 1.82) is 0 Å². The van der Waals surface area contributed by atoms with E-state index in [9.17, 15) is 30.0 Å². The van der Waals surface area contributed by atoms with E-state index < -0.39 is 34.8 Å². The number of rotatable bonds is 3. The molecular weight excluding hydrogens is 494 g/mol. The second kappa shape index (κ2) is 8.24. The van der Waals surface area contributed by atoms with Crippen LogP contribution in [0, 0.1) is 0 Å². The molecule has 2 aliphatic carbocycles. The number of phenols is 2. The molecule has 1 aromatic heterocycles. The number of aromatic hydroxyl groups is 2. The minimum atomic E-state index is -1.68. The van der Waals surface area contributed by atoms with Crippen molar-refractivity contribution in [1.82, 2.24) is 4.98 Å². The van der Waals surface area contributed by atoms with Crippen molar-refractivity contribution >= 4 is 22.9 Å². The highest BCUT2D eigenvalue weighted by Gasteiger charge is 2.47. The number of ketones is 2. The molecule has 2 unspecified atom stereocenters. The lowest BCUT2D eigenvalue weighted by molar-refractivity contribution is -0.0307. The molecule has 8 nitrogen and oxygen atoms in total. The minimum Gasteiger partial charge on any atom is -0.507 e. The summed E-state index contributed by atoms with van der Waals surface area (Å²) in [5.41, 5.74) is -1.33. The Hall–Kier alpha value is -4.05. The Morgan fingerprint density at radius 2 is 1.70 bits per heavy atom. The third-order valence-electron chi connectivity index (χ3n) is 7.10.